The Balaban J connectivity index is 2.22. The van der Waals surface area contributed by atoms with E-state index in [0.717, 1.165) is 16.2 Å². The van der Waals surface area contributed by atoms with Crippen LogP contribution < -0.4 is 4.74 Å². The van der Waals surface area contributed by atoms with Gasteiger partial charge in [-0.05, 0) is 0 Å². The number of carbonyl (C=O) groups excluding carboxylic acids is 1. The van der Waals surface area contributed by atoms with Crippen molar-refractivity contribution < 1.29 is 9.53 Å². The number of carbonyl (C=O) groups is 1. The second kappa shape index (κ2) is 5.32. The molecule has 0 spiro atoms. The fraction of sp³-hybridized carbons (Fsp3) is 0.231. The van der Waals surface area contributed by atoms with Crippen molar-refractivity contribution in [2.24, 2.45) is 5.92 Å². The minimum atomic E-state index is -0.227. The van der Waals surface area contributed by atoms with E-state index in [0.29, 0.717) is 5.88 Å². The van der Waals surface area contributed by atoms with Crippen LogP contribution in [0.5, 0.6) is 5.88 Å². The molecule has 1 atom stereocenters. The van der Waals surface area contributed by atoms with Crippen molar-refractivity contribution in [1.29, 1.82) is 0 Å². The summed E-state index contributed by atoms with van der Waals surface area (Å²) < 4.78 is 5.23. The number of para-hydroxylation sites is 1. The summed E-state index contributed by atoms with van der Waals surface area (Å²) in [6.07, 6.45) is 0. The zero-order valence-corrected chi connectivity index (χ0v) is 11.6. The van der Waals surface area contributed by atoms with Crippen LogP contribution in [0.1, 0.15) is 6.92 Å². The molecular weight excluding hydrogens is 275 g/mol. The van der Waals surface area contributed by atoms with Crippen LogP contribution in [0.4, 0.5) is 0 Å². The number of ether oxygens (including phenoxy) is 1. The molecule has 1 unspecified atom stereocenters. The van der Waals surface area contributed by atoms with Gasteiger partial charge in [-0.2, -0.15) is 0 Å². The van der Waals surface area contributed by atoms with Gasteiger partial charge < -0.3 is 0 Å². The second-order valence-corrected chi connectivity index (χ2v) is 4.72. The molecule has 1 heterocycles. The van der Waals surface area contributed by atoms with Gasteiger partial charge in [0.15, 0.2) is 0 Å². The number of hydrogen-bond donors (Lipinski definition) is 0. The first kappa shape index (κ1) is 12.1. The van der Waals surface area contributed by atoms with Gasteiger partial charge in [0.1, 0.15) is 0 Å². The summed E-state index contributed by atoms with van der Waals surface area (Å²) in [6, 6.07) is 11.4. The molecule has 0 saturated heterocycles. The molecule has 0 saturated carbocycles. The monoisotopic (exact) mass is 288 g/mol. The molecular formula is C13H12GeNO2. The van der Waals surface area contributed by atoms with Crippen LogP contribution in [0.2, 0.25) is 5.25 Å². The summed E-state index contributed by atoms with van der Waals surface area (Å²) in [4.78, 5) is 15.9. The van der Waals surface area contributed by atoms with Crippen molar-refractivity contribution >= 4 is 33.4 Å². The third kappa shape index (κ3) is 2.85. The average molecular weight is 287 g/mol. The van der Waals surface area contributed by atoms with Gasteiger partial charge in [-0.25, -0.2) is 0 Å². The van der Waals surface area contributed by atoms with E-state index in [1.165, 1.54) is 0 Å². The molecule has 17 heavy (non-hydrogen) atoms. The molecule has 3 nitrogen and oxygen atoms in total. The Morgan fingerprint density at radius 2 is 2.12 bits per heavy atom. The maximum absolute atomic E-state index is 11.6. The molecule has 0 bridgehead atoms. The van der Waals surface area contributed by atoms with Crippen LogP contribution >= 0.6 is 0 Å². The van der Waals surface area contributed by atoms with Gasteiger partial charge in [0.2, 0.25) is 0 Å². The summed E-state index contributed by atoms with van der Waals surface area (Å²) in [5.74, 6) is 0.0487. The fourth-order valence-corrected chi connectivity index (χ4v) is 1.74. The Bertz CT molecular complexity index is 542. The normalized spacial score (nSPS) is 12.4. The zero-order valence-electron chi connectivity index (χ0n) is 9.51. The quantitative estimate of drug-likeness (QED) is 0.642. The van der Waals surface area contributed by atoms with Gasteiger partial charge in [0, 0.05) is 0 Å². The number of rotatable bonds is 3. The van der Waals surface area contributed by atoms with Crippen molar-refractivity contribution in [3.05, 3.63) is 36.4 Å². The number of fused-ring (bicyclic) bond motifs is 1. The van der Waals surface area contributed by atoms with Crippen LogP contribution in [-0.2, 0) is 4.79 Å². The summed E-state index contributed by atoms with van der Waals surface area (Å²) in [5.41, 5.74) is 0.835. The van der Waals surface area contributed by atoms with Gasteiger partial charge >= 0.3 is 108 Å². The third-order valence-electron chi connectivity index (χ3n) is 2.49. The Morgan fingerprint density at radius 3 is 2.88 bits per heavy atom. The van der Waals surface area contributed by atoms with Crippen molar-refractivity contribution in [1.82, 2.24) is 4.98 Å². The van der Waals surface area contributed by atoms with Crippen molar-refractivity contribution in [2.45, 2.75) is 12.2 Å². The van der Waals surface area contributed by atoms with E-state index in [1.54, 1.807) is 6.07 Å². The molecule has 0 aliphatic carbocycles. The molecule has 0 aliphatic rings. The van der Waals surface area contributed by atoms with E-state index in [9.17, 15) is 4.79 Å². The number of hydrogen-bond acceptors (Lipinski definition) is 3. The molecule has 3 radical (unpaired) electrons. The molecule has 0 amide bonds. The number of nitrogens with zero attached hydrogens (tertiary/aromatic N) is 1. The van der Waals surface area contributed by atoms with Crippen LogP contribution in [0.15, 0.2) is 36.4 Å². The first-order valence-electron chi connectivity index (χ1n) is 5.43. The van der Waals surface area contributed by atoms with Crippen molar-refractivity contribution in [3.63, 3.8) is 0 Å². The molecule has 2 rings (SSSR count). The van der Waals surface area contributed by atoms with Gasteiger partial charge in [0.05, 0.1) is 0 Å². The van der Waals surface area contributed by atoms with Gasteiger partial charge in [0.25, 0.3) is 0 Å². The van der Waals surface area contributed by atoms with Gasteiger partial charge in [-0.3, -0.25) is 0 Å². The summed E-state index contributed by atoms with van der Waals surface area (Å²) >= 11 is 1.96. The van der Waals surface area contributed by atoms with E-state index in [4.69, 9.17) is 4.74 Å². The Labute approximate surface area is 108 Å². The molecule has 2 aromatic rings. The van der Waals surface area contributed by atoms with Crippen LogP contribution in [0.3, 0.4) is 0 Å². The van der Waals surface area contributed by atoms with E-state index in [-0.39, 0.29) is 11.9 Å². The fourth-order valence-electron chi connectivity index (χ4n) is 1.39. The topological polar surface area (TPSA) is 39.2 Å². The van der Waals surface area contributed by atoms with Crippen molar-refractivity contribution in [3.8, 4) is 5.88 Å². The van der Waals surface area contributed by atoms with E-state index >= 15 is 0 Å². The Hall–Kier alpha value is -1.36. The molecule has 0 aliphatic heterocycles. The summed E-state index contributed by atoms with van der Waals surface area (Å²) in [7, 11) is 0. The first-order chi connectivity index (χ1) is 8.20. The number of aromatic nitrogens is 1. The number of pyridine rings is 1. The molecule has 0 N–H and O–H groups in total. The minimum absolute atomic E-state index is 0.0942. The van der Waals surface area contributed by atoms with Crippen LogP contribution in [0, 0.1) is 5.92 Å². The second-order valence-electron chi connectivity index (χ2n) is 3.87. The average Bonchev–Trinajstić information content (AvgIpc) is 2.37. The van der Waals surface area contributed by atoms with E-state index in [2.05, 4.69) is 4.98 Å². The molecule has 4 heteroatoms. The predicted molar refractivity (Wildman–Crippen MR) is 67.1 cm³/mol. The summed E-state index contributed by atoms with van der Waals surface area (Å²) in [6.45, 7) is 1.85. The summed E-state index contributed by atoms with van der Waals surface area (Å²) in [5, 5.41) is 1.81. The maximum atomic E-state index is 11.6. The standard InChI is InChI=1S/C13H12GeNO2/c1-9(8-14)13(16)17-12-7-6-10-4-2-3-5-11(10)15-12/h2-7,9H,8H2,1H3. The Morgan fingerprint density at radius 1 is 1.35 bits per heavy atom. The number of esters is 1. The first-order valence-corrected chi connectivity index (χ1v) is 6.91. The Kier molecular flexibility index (Phi) is 3.79. The van der Waals surface area contributed by atoms with Crippen LogP contribution in [0.25, 0.3) is 10.9 Å². The van der Waals surface area contributed by atoms with Crippen molar-refractivity contribution in [2.75, 3.05) is 0 Å². The third-order valence-corrected chi connectivity index (χ3v) is 3.77. The van der Waals surface area contributed by atoms with Crippen LogP contribution in [-0.4, -0.2) is 27.5 Å². The number of benzene rings is 1. The molecule has 0 fully saturated rings. The van der Waals surface area contributed by atoms with Gasteiger partial charge in [-0.1, -0.05) is 0 Å². The molecule has 1 aromatic heterocycles. The molecule has 85 valence electrons. The predicted octanol–water partition coefficient (Wildman–Crippen LogP) is 2.36. The molecule has 1 aromatic carbocycles. The van der Waals surface area contributed by atoms with E-state index in [1.807, 2.05) is 53.8 Å². The SMILES string of the molecule is CC([CH2][Ge])C(=O)Oc1ccc2ccccc2n1. The van der Waals surface area contributed by atoms with E-state index < -0.39 is 0 Å². The van der Waals surface area contributed by atoms with Gasteiger partial charge in [-0.15, -0.1) is 0 Å². The zero-order chi connectivity index (χ0) is 12.3.